The predicted octanol–water partition coefficient (Wildman–Crippen LogP) is 3.03. The Morgan fingerprint density at radius 3 is 2.79 bits per heavy atom. The Balaban J connectivity index is 2.31. The van der Waals surface area contributed by atoms with Gasteiger partial charge in [0.1, 0.15) is 5.82 Å². The van der Waals surface area contributed by atoms with Crippen LogP contribution in [0.25, 0.3) is 0 Å². The van der Waals surface area contributed by atoms with Crippen LogP contribution in [-0.2, 0) is 4.79 Å². The van der Waals surface area contributed by atoms with E-state index < -0.39 is 6.10 Å². The molecule has 1 N–H and O–H groups in total. The molecule has 1 unspecified atom stereocenters. The number of aliphatic hydroxyl groups is 1. The number of hydrogen-bond donors (Lipinski definition) is 1. The number of fused-ring (bicyclic) bond motifs is 1. The van der Waals surface area contributed by atoms with Crippen LogP contribution >= 0.6 is 0 Å². The van der Waals surface area contributed by atoms with Gasteiger partial charge in [-0.15, -0.1) is 0 Å². The number of aliphatic hydroxyl groups excluding tert-OH is 1. The summed E-state index contributed by atoms with van der Waals surface area (Å²) in [7, 11) is 0. The van der Waals surface area contributed by atoms with Crippen molar-refractivity contribution in [2.45, 2.75) is 39.7 Å². The lowest BCUT2D eigenvalue weighted by Crippen LogP contribution is -2.38. The van der Waals surface area contributed by atoms with Crippen molar-refractivity contribution in [3.63, 3.8) is 0 Å². The molecular formula is C15H20FNO2. The van der Waals surface area contributed by atoms with Crippen LogP contribution in [0.4, 0.5) is 10.1 Å². The molecule has 1 aromatic rings. The quantitative estimate of drug-likeness (QED) is 0.848. The first-order chi connectivity index (χ1) is 8.78. The van der Waals surface area contributed by atoms with Gasteiger partial charge < -0.3 is 10.0 Å². The molecule has 4 heteroatoms. The molecule has 0 bridgehead atoms. The Morgan fingerprint density at radius 1 is 1.47 bits per heavy atom. The summed E-state index contributed by atoms with van der Waals surface area (Å²) < 4.78 is 13.3. The Kier molecular flexibility index (Phi) is 3.63. The van der Waals surface area contributed by atoms with Crippen molar-refractivity contribution >= 4 is 11.6 Å². The van der Waals surface area contributed by atoms with Gasteiger partial charge >= 0.3 is 0 Å². The van der Waals surface area contributed by atoms with E-state index in [0.717, 1.165) is 0 Å². The van der Waals surface area contributed by atoms with Gasteiger partial charge in [0.15, 0.2) is 0 Å². The Morgan fingerprint density at radius 2 is 2.16 bits per heavy atom. The van der Waals surface area contributed by atoms with Crippen LogP contribution in [0, 0.1) is 11.2 Å². The first-order valence-electron chi connectivity index (χ1n) is 6.56. The molecule has 1 aromatic carbocycles. The van der Waals surface area contributed by atoms with Gasteiger partial charge in [-0.3, -0.25) is 4.79 Å². The molecular weight excluding hydrogens is 245 g/mol. The fourth-order valence-electron chi connectivity index (χ4n) is 2.37. The predicted molar refractivity (Wildman–Crippen MR) is 72.4 cm³/mol. The zero-order valence-corrected chi connectivity index (χ0v) is 11.6. The lowest BCUT2D eigenvalue weighted by Gasteiger charge is -2.34. The van der Waals surface area contributed by atoms with Gasteiger partial charge in [0.25, 0.3) is 0 Å². The van der Waals surface area contributed by atoms with Crippen LogP contribution in [0.1, 0.15) is 45.3 Å². The second kappa shape index (κ2) is 4.93. The topological polar surface area (TPSA) is 40.5 Å². The molecule has 3 nitrogen and oxygen atoms in total. The highest BCUT2D eigenvalue weighted by Crippen LogP contribution is 2.35. The van der Waals surface area contributed by atoms with E-state index in [1.165, 1.54) is 12.1 Å². The molecule has 0 radical (unpaired) electrons. The zero-order valence-electron chi connectivity index (χ0n) is 11.6. The van der Waals surface area contributed by atoms with Crippen LogP contribution in [0.2, 0.25) is 0 Å². The lowest BCUT2D eigenvalue weighted by molar-refractivity contribution is -0.120. The molecule has 1 atom stereocenters. The van der Waals surface area contributed by atoms with Crippen molar-refractivity contribution in [2.75, 3.05) is 11.4 Å². The molecule has 1 aliphatic rings. The molecule has 0 spiro atoms. The minimum Gasteiger partial charge on any atom is -0.388 e. The van der Waals surface area contributed by atoms with E-state index in [0.29, 0.717) is 30.6 Å². The fraction of sp³-hybridized carbons (Fsp3) is 0.533. The van der Waals surface area contributed by atoms with Crippen LogP contribution in [0.3, 0.4) is 0 Å². The van der Waals surface area contributed by atoms with Gasteiger partial charge in [-0.05, 0) is 30.0 Å². The molecule has 1 aliphatic heterocycles. The molecule has 19 heavy (non-hydrogen) atoms. The molecule has 1 amide bonds. The van der Waals surface area contributed by atoms with Crippen molar-refractivity contribution in [2.24, 2.45) is 5.41 Å². The lowest BCUT2D eigenvalue weighted by atomic mass is 9.90. The summed E-state index contributed by atoms with van der Waals surface area (Å²) in [6.45, 7) is 6.51. The first kappa shape index (κ1) is 14.0. The van der Waals surface area contributed by atoms with Gasteiger partial charge in [-0.1, -0.05) is 20.8 Å². The molecule has 0 aromatic heterocycles. The van der Waals surface area contributed by atoms with Crippen molar-refractivity contribution in [3.8, 4) is 0 Å². The summed E-state index contributed by atoms with van der Waals surface area (Å²) in [5.74, 6) is -0.366. The van der Waals surface area contributed by atoms with E-state index in [1.807, 2.05) is 20.8 Å². The number of rotatable bonds is 1. The van der Waals surface area contributed by atoms with Crippen LogP contribution in [0.5, 0.6) is 0 Å². The first-order valence-corrected chi connectivity index (χ1v) is 6.56. The second-order valence-corrected chi connectivity index (χ2v) is 6.29. The third-order valence-corrected chi connectivity index (χ3v) is 3.25. The van der Waals surface area contributed by atoms with Gasteiger partial charge in [0.2, 0.25) is 5.91 Å². The summed E-state index contributed by atoms with van der Waals surface area (Å²) >= 11 is 0. The van der Waals surface area contributed by atoms with E-state index in [4.69, 9.17) is 0 Å². The van der Waals surface area contributed by atoms with E-state index in [1.54, 1.807) is 11.0 Å². The number of amides is 1. The molecule has 2 rings (SSSR count). The number of carbonyl (C=O) groups excluding carboxylic acids is 1. The second-order valence-electron chi connectivity index (χ2n) is 6.29. The van der Waals surface area contributed by atoms with E-state index >= 15 is 0 Å². The molecule has 0 saturated carbocycles. The van der Waals surface area contributed by atoms with E-state index in [9.17, 15) is 14.3 Å². The monoisotopic (exact) mass is 265 g/mol. The summed E-state index contributed by atoms with van der Waals surface area (Å²) in [6, 6.07) is 4.22. The average molecular weight is 265 g/mol. The van der Waals surface area contributed by atoms with Crippen molar-refractivity contribution in [3.05, 3.63) is 29.6 Å². The van der Waals surface area contributed by atoms with Crippen molar-refractivity contribution < 1.29 is 14.3 Å². The summed E-state index contributed by atoms with van der Waals surface area (Å²) in [4.78, 5) is 14.0. The van der Waals surface area contributed by atoms with E-state index in [2.05, 4.69) is 0 Å². The summed E-state index contributed by atoms with van der Waals surface area (Å²) in [6.07, 6.45) is 0.191. The molecule has 0 aliphatic carbocycles. The highest BCUT2D eigenvalue weighted by molar-refractivity contribution is 5.95. The zero-order chi connectivity index (χ0) is 14.2. The largest absolute Gasteiger partial charge is 0.388 e. The third kappa shape index (κ3) is 3.13. The Labute approximate surface area is 113 Å². The number of hydrogen-bond acceptors (Lipinski definition) is 2. The van der Waals surface area contributed by atoms with Gasteiger partial charge in [-0.25, -0.2) is 4.39 Å². The smallest absolute Gasteiger partial charge is 0.227 e. The van der Waals surface area contributed by atoms with E-state index in [-0.39, 0.29) is 17.1 Å². The number of carbonyl (C=O) groups is 1. The number of halogens is 1. The Bertz CT molecular complexity index is 493. The van der Waals surface area contributed by atoms with Crippen LogP contribution in [-0.4, -0.2) is 17.6 Å². The molecule has 1 heterocycles. The SMILES string of the molecule is CC(C)(C)CC(=O)N1CCC(O)c2cc(F)ccc21. The van der Waals surface area contributed by atoms with Gasteiger partial charge in [-0.2, -0.15) is 0 Å². The van der Waals surface area contributed by atoms with Gasteiger partial charge in [0.05, 0.1) is 6.10 Å². The summed E-state index contributed by atoms with van der Waals surface area (Å²) in [5.41, 5.74) is 1.05. The molecule has 0 saturated heterocycles. The number of anilines is 1. The fourth-order valence-corrected chi connectivity index (χ4v) is 2.37. The van der Waals surface area contributed by atoms with Crippen LogP contribution < -0.4 is 4.90 Å². The normalized spacial score (nSPS) is 19.2. The maximum absolute atomic E-state index is 13.3. The maximum atomic E-state index is 13.3. The summed E-state index contributed by atoms with van der Waals surface area (Å²) in [5, 5.41) is 9.91. The average Bonchev–Trinajstić information content (AvgIpc) is 2.27. The number of benzene rings is 1. The molecule has 104 valence electrons. The molecule has 0 fully saturated rings. The standard InChI is InChI=1S/C15H20FNO2/c1-15(2,3)9-14(19)17-7-6-13(18)11-8-10(16)4-5-12(11)17/h4-5,8,13,18H,6-7,9H2,1-3H3. The minimum absolute atomic E-state index is 0.0206. The minimum atomic E-state index is -0.690. The van der Waals surface area contributed by atoms with Crippen molar-refractivity contribution in [1.82, 2.24) is 0 Å². The van der Waals surface area contributed by atoms with Gasteiger partial charge in [0, 0.05) is 24.2 Å². The highest BCUT2D eigenvalue weighted by Gasteiger charge is 2.29. The maximum Gasteiger partial charge on any atom is 0.227 e. The van der Waals surface area contributed by atoms with Crippen molar-refractivity contribution in [1.29, 1.82) is 0 Å². The third-order valence-electron chi connectivity index (χ3n) is 3.25. The van der Waals surface area contributed by atoms with Crippen LogP contribution in [0.15, 0.2) is 18.2 Å². The Hall–Kier alpha value is -1.42. The highest BCUT2D eigenvalue weighted by atomic mass is 19.1. The number of nitrogens with zero attached hydrogens (tertiary/aromatic N) is 1.